The molecule has 0 atom stereocenters. The van der Waals surface area contributed by atoms with E-state index in [1.807, 2.05) is 50.1 Å². The number of rotatable bonds is 3. The Labute approximate surface area is 118 Å². The van der Waals surface area contributed by atoms with Gasteiger partial charge in [-0.25, -0.2) is 0 Å². The minimum atomic E-state index is 0.573. The Morgan fingerprint density at radius 2 is 2.05 bits per heavy atom. The summed E-state index contributed by atoms with van der Waals surface area (Å²) in [5.74, 6) is 0.595. The number of nitrogen functional groups attached to an aromatic ring is 1. The molecule has 2 aromatic rings. The predicted octanol–water partition coefficient (Wildman–Crippen LogP) is 2.18. The van der Waals surface area contributed by atoms with E-state index < -0.39 is 0 Å². The molecule has 2 rings (SSSR count). The Balaban J connectivity index is 2.33. The van der Waals surface area contributed by atoms with E-state index in [0.29, 0.717) is 17.9 Å². The van der Waals surface area contributed by atoms with E-state index in [-0.39, 0.29) is 0 Å². The Bertz CT molecular complexity index is 672. The normalized spacial score (nSPS) is 10.1. The second-order valence-corrected chi connectivity index (χ2v) is 4.82. The first-order valence-corrected chi connectivity index (χ1v) is 6.32. The van der Waals surface area contributed by atoms with Gasteiger partial charge in [0.2, 0.25) is 0 Å². The molecule has 0 amide bonds. The molecular weight excluding hydrogens is 250 g/mol. The summed E-state index contributed by atoms with van der Waals surface area (Å²) in [6.45, 7) is 4.36. The molecule has 0 fully saturated rings. The van der Waals surface area contributed by atoms with Crippen LogP contribution in [-0.4, -0.2) is 17.2 Å². The zero-order valence-electron chi connectivity index (χ0n) is 11.9. The predicted molar refractivity (Wildman–Crippen MR) is 79.2 cm³/mol. The number of benzene rings is 1. The lowest BCUT2D eigenvalue weighted by Gasteiger charge is -2.20. The topological polar surface area (TPSA) is 78.8 Å². The molecule has 0 bridgehead atoms. The zero-order valence-corrected chi connectivity index (χ0v) is 11.9. The lowest BCUT2D eigenvalue weighted by molar-refractivity contribution is 0.846. The number of hydrogen-bond acceptors (Lipinski definition) is 5. The lowest BCUT2D eigenvalue weighted by atomic mass is 10.1. The third-order valence-corrected chi connectivity index (χ3v) is 3.28. The molecule has 2 N–H and O–H groups in total. The number of nitriles is 1. The molecule has 0 unspecified atom stereocenters. The van der Waals surface area contributed by atoms with Gasteiger partial charge in [0.1, 0.15) is 11.6 Å². The fourth-order valence-electron chi connectivity index (χ4n) is 2.04. The summed E-state index contributed by atoms with van der Waals surface area (Å²) in [4.78, 5) is 1.91. The maximum atomic E-state index is 9.32. The van der Waals surface area contributed by atoms with E-state index in [9.17, 15) is 5.26 Å². The van der Waals surface area contributed by atoms with Crippen LogP contribution in [0.25, 0.3) is 0 Å². The number of aromatic nitrogens is 2. The first-order chi connectivity index (χ1) is 9.52. The quantitative estimate of drug-likeness (QED) is 0.862. The van der Waals surface area contributed by atoms with Crippen LogP contribution in [0.1, 0.15) is 22.4 Å². The number of nitrogens with zero attached hydrogens (tertiary/aromatic N) is 4. The molecule has 0 spiro atoms. The number of hydrogen-bond donors (Lipinski definition) is 1. The van der Waals surface area contributed by atoms with Crippen molar-refractivity contribution in [3.63, 3.8) is 0 Å². The molecule has 5 heteroatoms. The molecule has 20 heavy (non-hydrogen) atoms. The molecule has 0 aliphatic rings. The van der Waals surface area contributed by atoms with Crippen molar-refractivity contribution in [3.05, 3.63) is 46.6 Å². The molecular formula is C15H17N5. The Morgan fingerprint density at radius 3 is 2.70 bits per heavy atom. The highest BCUT2D eigenvalue weighted by atomic mass is 15.2. The maximum absolute atomic E-state index is 9.32. The van der Waals surface area contributed by atoms with Crippen LogP contribution in [0.15, 0.2) is 24.3 Å². The van der Waals surface area contributed by atoms with Gasteiger partial charge in [0, 0.05) is 19.3 Å². The summed E-state index contributed by atoms with van der Waals surface area (Å²) in [6, 6.07) is 9.88. The van der Waals surface area contributed by atoms with Crippen molar-refractivity contribution < 1.29 is 0 Å². The van der Waals surface area contributed by atoms with E-state index in [1.54, 1.807) is 0 Å². The summed E-state index contributed by atoms with van der Waals surface area (Å²) >= 11 is 0. The summed E-state index contributed by atoms with van der Waals surface area (Å²) in [7, 11) is 1.89. The first-order valence-electron chi connectivity index (χ1n) is 6.32. The molecule has 0 aliphatic carbocycles. The third kappa shape index (κ3) is 2.69. The monoisotopic (exact) mass is 267 g/mol. The summed E-state index contributed by atoms with van der Waals surface area (Å²) in [5.41, 5.74) is 9.79. The zero-order chi connectivity index (χ0) is 14.7. The van der Waals surface area contributed by atoms with Crippen molar-refractivity contribution in [2.24, 2.45) is 0 Å². The minimum Gasteiger partial charge on any atom is -0.399 e. The molecule has 1 aromatic carbocycles. The Morgan fingerprint density at radius 1 is 1.30 bits per heavy atom. The molecule has 0 saturated heterocycles. The van der Waals surface area contributed by atoms with Crippen LogP contribution in [0, 0.1) is 25.2 Å². The van der Waals surface area contributed by atoms with Gasteiger partial charge < -0.3 is 10.6 Å². The van der Waals surface area contributed by atoms with Crippen molar-refractivity contribution in [3.8, 4) is 6.07 Å². The molecule has 1 aromatic heterocycles. The number of aryl methyl sites for hydroxylation is 1. The van der Waals surface area contributed by atoms with Crippen molar-refractivity contribution >= 4 is 11.5 Å². The van der Waals surface area contributed by atoms with Gasteiger partial charge in [0.25, 0.3) is 0 Å². The highest BCUT2D eigenvalue weighted by Gasteiger charge is 2.14. The average molecular weight is 267 g/mol. The average Bonchev–Trinajstić information content (AvgIpc) is 2.41. The molecule has 0 radical (unpaired) electrons. The van der Waals surface area contributed by atoms with Crippen molar-refractivity contribution in [2.45, 2.75) is 20.4 Å². The van der Waals surface area contributed by atoms with Crippen molar-refractivity contribution in [2.75, 3.05) is 17.7 Å². The van der Waals surface area contributed by atoms with Crippen LogP contribution in [0.2, 0.25) is 0 Å². The van der Waals surface area contributed by atoms with E-state index in [1.165, 1.54) is 0 Å². The fraction of sp³-hybridized carbons (Fsp3) is 0.267. The maximum Gasteiger partial charge on any atom is 0.169 e. The lowest BCUT2D eigenvalue weighted by Crippen LogP contribution is -2.20. The van der Waals surface area contributed by atoms with E-state index in [4.69, 9.17) is 5.73 Å². The van der Waals surface area contributed by atoms with Gasteiger partial charge in [-0.2, -0.15) is 10.4 Å². The second-order valence-electron chi connectivity index (χ2n) is 4.82. The molecule has 1 heterocycles. The highest BCUT2D eigenvalue weighted by Crippen LogP contribution is 2.22. The fourth-order valence-corrected chi connectivity index (χ4v) is 2.04. The second kappa shape index (κ2) is 5.57. The van der Waals surface area contributed by atoms with E-state index in [0.717, 1.165) is 22.5 Å². The highest BCUT2D eigenvalue weighted by molar-refractivity contribution is 5.57. The minimum absolute atomic E-state index is 0.573. The van der Waals surface area contributed by atoms with Crippen molar-refractivity contribution in [1.82, 2.24) is 10.2 Å². The standard InChI is InChI=1S/C15H17N5/c1-10-11(2)18-19-15(14(10)8-16)20(3)9-12-5-4-6-13(17)7-12/h4-7H,9,17H2,1-3H3. The molecule has 102 valence electrons. The van der Waals surface area contributed by atoms with E-state index in [2.05, 4.69) is 16.3 Å². The van der Waals surface area contributed by atoms with Crippen LogP contribution in [0.4, 0.5) is 11.5 Å². The van der Waals surface area contributed by atoms with Crippen LogP contribution in [0.5, 0.6) is 0 Å². The van der Waals surface area contributed by atoms with Crippen LogP contribution < -0.4 is 10.6 Å². The Hall–Kier alpha value is -2.61. The number of nitrogens with two attached hydrogens (primary N) is 1. The SMILES string of the molecule is Cc1nnc(N(C)Cc2cccc(N)c2)c(C#N)c1C. The van der Waals surface area contributed by atoms with Crippen LogP contribution >= 0.6 is 0 Å². The van der Waals surface area contributed by atoms with Gasteiger partial charge in [0.15, 0.2) is 5.82 Å². The van der Waals surface area contributed by atoms with Crippen LogP contribution in [0.3, 0.4) is 0 Å². The van der Waals surface area contributed by atoms with Gasteiger partial charge >= 0.3 is 0 Å². The van der Waals surface area contributed by atoms with Crippen LogP contribution in [-0.2, 0) is 6.54 Å². The smallest absolute Gasteiger partial charge is 0.169 e. The van der Waals surface area contributed by atoms with Gasteiger partial charge in [-0.1, -0.05) is 12.1 Å². The Kier molecular flexibility index (Phi) is 3.85. The van der Waals surface area contributed by atoms with Crippen molar-refractivity contribution in [1.29, 1.82) is 5.26 Å². The summed E-state index contributed by atoms with van der Waals surface area (Å²) in [6.07, 6.45) is 0. The summed E-state index contributed by atoms with van der Waals surface area (Å²) in [5, 5.41) is 17.6. The van der Waals surface area contributed by atoms with Gasteiger partial charge in [-0.15, -0.1) is 5.10 Å². The van der Waals surface area contributed by atoms with E-state index >= 15 is 0 Å². The molecule has 0 aliphatic heterocycles. The third-order valence-electron chi connectivity index (χ3n) is 3.28. The van der Waals surface area contributed by atoms with Gasteiger partial charge in [-0.05, 0) is 37.1 Å². The molecule has 0 saturated carbocycles. The first kappa shape index (κ1) is 13.8. The summed E-state index contributed by atoms with van der Waals surface area (Å²) < 4.78 is 0. The van der Waals surface area contributed by atoms with Gasteiger partial charge in [-0.3, -0.25) is 0 Å². The number of anilines is 2. The van der Waals surface area contributed by atoms with Gasteiger partial charge in [0.05, 0.1) is 5.69 Å². The molecule has 5 nitrogen and oxygen atoms in total. The largest absolute Gasteiger partial charge is 0.399 e.